The van der Waals surface area contributed by atoms with Gasteiger partial charge >= 0.3 is 5.97 Å². The second kappa shape index (κ2) is 9.00. The number of aromatic nitrogens is 2. The number of hydrogen-bond donors (Lipinski definition) is 1. The van der Waals surface area contributed by atoms with Crippen molar-refractivity contribution in [2.45, 2.75) is 11.4 Å². The van der Waals surface area contributed by atoms with E-state index in [1.807, 2.05) is 53.2 Å². The quantitative estimate of drug-likeness (QED) is 0.474. The van der Waals surface area contributed by atoms with Gasteiger partial charge in [-0.1, -0.05) is 24.3 Å². The number of carboxylic acids is 1. The Morgan fingerprint density at radius 2 is 2.04 bits per heavy atom. The summed E-state index contributed by atoms with van der Waals surface area (Å²) in [5.41, 5.74) is 2.15. The molecule has 0 radical (unpaired) electrons. The molecule has 0 saturated carbocycles. The van der Waals surface area contributed by atoms with Crippen molar-refractivity contribution in [2.75, 3.05) is 5.75 Å². The van der Waals surface area contributed by atoms with Gasteiger partial charge in [-0.25, -0.2) is 0 Å². The Labute approximate surface area is 161 Å². The molecular weight excluding hydrogens is 360 g/mol. The van der Waals surface area contributed by atoms with E-state index in [4.69, 9.17) is 5.11 Å². The summed E-state index contributed by atoms with van der Waals surface area (Å²) in [6.07, 6.45) is 9.01. The van der Waals surface area contributed by atoms with Gasteiger partial charge in [-0.3, -0.25) is 14.6 Å². The third-order valence-corrected chi connectivity index (χ3v) is 4.80. The molecule has 1 aromatic carbocycles. The predicted octanol–water partition coefficient (Wildman–Crippen LogP) is 4.00. The van der Waals surface area contributed by atoms with E-state index in [0.29, 0.717) is 17.8 Å². The van der Waals surface area contributed by atoms with Crippen molar-refractivity contribution in [3.8, 4) is 0 Å². The van der Waals surface area contributed by atoms with Crippen molar-refractivity contribution in [2.24, 2.45) is 0 Å². The van der Waals surface area contributed by atoms with Crippen molar-refractivity contribution in [3.63, 3.8) is 0 Å². The summed E-state index contributed by atoms with van der Waals surface area (Å²) >= 11 is 1.29. The molecule has 0 unspecified atom stereocenters. The average Bonchev–Trinajstić information content (AvgIpc) is 3.15. The number of aliphatic carboxylic acids is 1. The zero-order chi connectivity index (χ0) is 19.1. The fourth-order valence-electron chi connectivity index (χ4n) is 2.58. The van der Waals surface area contributed by atoms with Crippen molar-refractivity contribution in [1.82, 2.24) is 9.55 Å². The highest BCUT2D eigenvalue weighted by Gasteiger charge is 2.12. The molecule has 0 amide bonds. The smallest absolute Gasteiger partial charge is 0.313 e. The highest BCUT2D eigenvalue weighted by Crippen LogP contribution is 2.19. The van der Waals surface area contributed by atoms with Crippen LogP contribution in [0.3, 0.4) is 0 Å². The second-order valence-corrected chi connectivity index (χ2v) is 6.82. The van der Waals surface area contributed by atoms with Crippen LogP contribution in [-0.4, -0.2) is 32.2 Å². The summed E-state index contributed by atoms with van der Waals surface area (Å²) in [6, 6.07) is 14.8. The molecule has 6 heteroatoms. The molecule has 0 fully saturated rings. The molecule has 0 spiro atoms. The fraction of sp³-hybridized carbons (Fsp3) is 0.0952. The number of carboxylic acid groups (broad SMARTS) is 1. The Balaban J connectivity index is 1.68. The van der Waals surface area contributed by atoms with Crippen LogP contribution >= 0.6 is 11.8 Å². The lowest BCUT2D eigenvalue weighted by Crippen LogP contribution is -2.09. The van der Waals surface area contributed by atoms with Crippen LogP contribution in [0, 0.1) is 0 Å². The third-order valence-electron chi connectivity index (χ3n) is 3.82. The van der Waals surface area contributed by atoms with Crippen LogP contribution < -0.4 is 0 Å². The SMILES string of the molecule is O=C(O)CSc1cccc(C=CCn2cccc2C(=O)c2cccnc2)c1. The molecule has 136 valence electrons. The summed E-state index contributed by atoms with van der Waals surface area (Å²) in [6.45, 7) is 0.556. The first-order valence-electron chi connectivity index (χ1n) is 8.34. The zero-order valence-corrected chi connectivity index (χ0v) is 15.3. The molecular formula is C21H18N2O3S. The van der Waals surface area contributed by atoms with Gasteiger partial charge in [-0.2, -0.15) is 0 Å². The van der Waals surface area contributed by atoms with Gasteiger partial charge in [0.1, 0.15) is 0 Å². The normalized spacial score (nSPS) is 11.0. The van der Waals surface area contributed by atoms with E-state index in [0.717, 1.165) is 10.5 Å². The maximum absolute atomic E-state index is 12.6. The van der Waals surface area contributed by atoms with E-state index in [1.165, 1.54) is 11.8 Å². The molecule has 0 aliphatic rings. The zero-order valence-electron chi connectivity index (χ0n) is 14.5. The Morgan fingerprint density at radius 1 is 1.15 bits per heavy atom. The van der Waals surface area contributed by atoms with Crippen LogP contribution in [0.15, 0.2) is 78.1 Å². The molecule has 0 bridgehead atoms. The molecule has 1 N–H and O–H groups in total. The lowest BCUT2D eigenvalue weighted by molar-refractivity contribution is -0.133. The first-order valence-corrected chi connectivity index (χ1v) is 9.33. The summed E-state index contributed by atoms with van der Waals surface area (Å²) in [4.78, 5) is 28.2. The number of carbonyl (C=O) groups is 2. The molecule has 0 aliphatic carbocycles. The van der Waals surface area contributed by atoms with Crippen LogP contribution in [0.25, 0.3) is 6.08 Å². The summed E-state index contributed by atoms with van der Waals surface area (Å²) in [5.74, 6) is -0.857. The molecule has 3 rings (SSSR count). The maximum Gasteiger partial charge on any atom is 0.313 e. The number of pyridine rings is 1. The number of hydrogen-bond acceptors (Lipinski definition) is 4. The van der Waals surface area contributed by atoms with Crippen LogP contribution in [0.1, 0.15) is 21.6 Å². The lowest BCUT2D eigenvalue weighted by atomic mass is 10.1. The maximum atomic E-state index is 12.6. The molecule has 2 aromatic heterocycles. The minimum atomic E-state index is -0.834. The molecule has 0 atom stereocenters. The van der Waals surface area contributed by atoms with Gasteiger partial charge in [-0.05, 0) is 42.0 Å². The van der Waals surface area contributed by atoms with E-state index >= 15 is 0 Å². The Morgan fingerprint density at radius 3 is 2.81 bits per heavy atom. The number of benzene rings is 1. The minimum Gasteiger partial charge on any atom is -0.481 e. The predicted molar refractivity (Wildman–Crippen MR) is 106 cm³/mol. The number of rotatable bonds is 8. The van der Waals surface area contributed by atoms with Crippen LogP contribution in [0.5, 0.6) is 0 Å². The summed E-state index contributed by atoms with van der Waals surface area (Å²) in [5, 5.41) is 8.78. The van der Waals surface area contributed by atoms with E-state index in [1.54, 1.807) is 30.6 Å². The molecule has 5 nitrogen and oxygen atoms in total. The monoisotopic (exact) mass is 378 g/mol. The van der Waals surface area contributed by atoms with Gasteiger partial charge in [0.05, 0.1) is 11.4 Å². The highest BCUT2D eigenvalue weighted by molar-refractivity contribution is 8.00. The number of nitrogens with zero attached hydrogens (tertiary/aromatic N) is 2. The van der Waals surface area contributed by atoms with E-state index in [-0.39, 0.29) is 11.5 Å². The highest BCUT2D eigenvalue weighted by atomic mass is 32.2. The van der Waals surface area contributed by atoms with Crippen LogP contribution in [-0.2, 0) is 11.3 Å². The van der Waals surface area contributed by atoms with Gasteiger partial charge in [0, 0.05) is 35.6 Å². The number of carbonyl (C=O) groups excluding carboxylic acids is 1. The molecule has 2 heterocycles. The lowest BCUT2D eigenvalue weighted by Gasteiger charge is -2.06. The Hall–Kier alpha value is -3.12. The number of allylic oxidation sites excluding steroid dienone is 1. The van der Waals surface area contributed by atoms with E-state index in [2.05, 4.69) is 4.98 Å². The number of ketones is 1. The third kappa shape index (κ3) is 5.18. The molecule has 0 saturated heterocycles. The summed E-state index contributed by atoms with van der Waals surface area (Å²) in [7, 11) is 0. The van der Waals surface area contributed by atoms with Crippen molar-refractivity contribution >= 4 is 29.6 Å². The van der Waals surface area contributed by atoms with Crippen LogP contribution in [0.4, 0.5) is 0 Å². The average molecular weight is 378 g/mol. The van der Waals surface area contributed by atoms with Crippen molar-refractivity contribution in [3.05, 3.63) is 90.0 Å². The first kappa shape index (κ1) is 18.7. The van der Waals surface area contributed by atoms with Crippen LogP contribution in [0.2, 0.25) is 0 Å². The standard InChI is InChI=1S/C21H18N2O3S/c24-20(25)15-27-18-8-1-5-16(13-18)6-3-11-23-12-4-9-19(23)21(26)17-7-2-10-22-14-17/h1-10,12-14H,11,15H2,(H,24,25). The van der Waals surface area contributed by atoms with E-state index < -0.39 is 5.97 Å². The topological polar surface area (TPSA) is 72.2 Å². The Kier molecular flexibility index (Phi) is 6.22. The second-order valence-electron chi connectivity index (χ2n) is 5.77. The summed E-state index contributed by atoms with van der Waals surface area (Å²) < 4.78 is 1.88. The van der Waals surface area contributed by atoms with Gasteiger partial charge in [-0.15, -0.1) is 11.8 Å². The van der Waals surface area contributed by atoms with Gasteiger partial charge in [0.25, 0.3) is 0 Å². The van der Waals surface area contributed by atoms with E-state index in [9.17, 15) is 9.59 Å². The molecule has 3 aromatic rings. The van der Waals surface area contributed by atoms with Crippen molar-refractivity contribution < 1.29 is 14.7 Å². The fourth-order valence-corrected chi connectivity index (χ4v) is 3.26. The molecule has 0 aliphatic heterocycles. The minimum absolute atomic E-state index is 0.0380. The molecule has 27 heavy (non-hydrogen) atoms. The van der Waals surface area contributed by atoms with Crippen molar-refractivity contribution in [1.29, 1.82) is 0 Å². The van der Waals surface area contributed by atoms with Gasteiger partial charge in [0.2, 0.25) is 5.78 Å². The largest absolute Gasteiger partial charge is 0.481 e. The first-order chi connectivity index (χ1) is 13.1. The van der Waals surface area contributed by atoms with Gasteiger partial charge < -0.3 is 9.67 Å². The Bertz CT molecular complexity index is 964. The van der Waals surface area contributed by atoms with Gasteiger partial charge in [0.15, 0.2) is 0 Å². The number of thioether (sulfide) groups is 1.